The number of rotatable bonds is 7. The Bertz CT molecular complexity index is 977. The number of carbonyl (C=O) groups is 1. The van der Waals surface area contributed by atoms with Gasteiger partial charge in [0.2, 0.25) is 15.9 Å². The molecule has 0 aliphatic heterocycles. The van der Waals surface area contributed by atoms with Crippen LogP contribution in [-0.2, 0) is 14.8 Å². The number of hydrogen-bond donors (Lipinski definition) is 1. The van der Waals surface area contributed by atoms with Crippen LogP contribution in [0.25, 0.3) is 0 Å². The van der Waals surface area contributed by atoms with Crippen LogP contribution < -0.4 is 9.62 Å². The van der Waals surface area contributed by atoms with Crippen LogP contribution in [0.5, 0.6) is 0 Å². The first-order valence-electron chi connectivity index (χ1n) is 8.82. The minimum Gasteiger partial charge on any atom is -0.348 e. The van der Waals surface area contributed by atoms with Gasteiger partial charge in [-0.15, -0.1) is 0 Å². The molecule has 0 bridgehead atoms. The summed E-state index contributed by atoms with van der Waals surface area (Å²) in [5.41, 5.74) is 2.95. The van der Waals surface area contributed by atoms with Gasteiger partial charge in [-0.05, 0) is 43.5 Å². The lowest BCUT2D eigenvalue weighted by atomic mass is 9.97. The summed E-state index contributed by atoms with van der Waals surface area (Å²) >= 11 is 0. The number of sulfonamides is 1. The Labute approximate surface area is 164 Å². The zero-order valence-electron chi connectivity index (χ0n) is 16.3. The van der Waals surface area contributed by atoms with E-state index in [-0.39, 0.29) is 11.7 Å². The molecule has 1 N–H and O–H groups in total. The number of nitrogens with one attached hydrogen (secondary N) is 1. The SMILES string of the molecule is CC[C@@H](NC(=O)CN(c1ccc(F)c(F)c1)S(C)(=O)=O)c1ccc(C)cc1C. The van der Waals surface area contributed by atoms with E-state index < -0.39 is 34.1 Å². The lowest BCUT2D eigenvalue weighted by molar-refractivity contribution is -0.120. The molecule has 0 unspecified atom stereocenters. The lowest BCUT2D eigenvalue weighted by Crippen LogP contribution is -2.41. The largest absolute Gasteiger partial charge is 0.348 e. The standard InChI is InChI=1S/C20H24F2N2O3S/c1-5-19(16-8-6-13(2)10-14(16)3)23-20(25)12-24(28(4,26)27)15-7-9-17(21)18(22)11-15/h6-11,19H,5,12H2,1-4H3,(H,23,25)/t19-/m1/s1. The van der Waals surface area contributed by atoms with E-state index in [4.69, 9.17) is 0 Å². The number of halogens is 2. The van der Waals surface area contributed by atoms with Gasteiger partial charge in [-0.3, -0.25) is 9.10 Å². The number of amides is 1. The molecule has 0 radical (unpaired) electrons. The Balaban J connectivity index is 2.24. The highest BCUT2D eigenvalue weighted by atomic mass is 32.2. The maximum absolute atomic E-state index is 13.5. The van der Waals surface area contributed by atoms with Crippen LogP contribution in [0.4, 0.5) is 14.5 Å². The second-order valence-electron chi connectivity index (χ2n) is 6.76. The molecule has 28 heavy (non-hydrogen) atoms. The van der Waals surface area contributed by atoms with Gasteiger partial charge in [0.25, 0.3) is 0 Å². The van der Waals surface area contributed by atoms with Crippen molar-refractivity contribution < 1.29 is 22.0 Å². The van der Waals surface area contributed by atoms with Gasteiger partial charge in [0.15, 0.2) is 11.6 Å². The second-order valence-corrected chi connectivity index (χ2v) is 8.66. The van der Waals surface area contributed by atoms with E-state index in [0.29, 0.717) is 6.42 Å². The van der Waals surface area contributed by atoms with Crippen LogP contribution in [-0.4, -0.2) is 27.1 Å². The van der Waals surface area contributed by atoms with Crippen molar-refractivity contribution in [3.8, 4) is 0 Å². The monoisotopic (exact) mass is 410 g/mol. The van der Waals surface area contributed by atoms with E-state index in [9.17, 15) is 22.0 Å². The number of nitrogens with zero attached hydrogens (tertiary/aromatic N) is 1. The van der Waals surface area contributed by atoms with Gasteiger partial charge in [0.05, 0.1) is 18.0 Å². The van der Waals surface area contributed by atoms with Gasteiger partial charge in [-0.25, -0.2) is 17.2 Å². The fraction of sp³-hybridized carbons (Fsp3) is 0.350. The third-order valence-corrected chi connectivity index (χ3v) is 5.56. The summed E-state index contributed by atoms with van der Waals surface area (Å²) in [6.07, 6.45) is 1.52. The molecule has 0 heterocycles. The normalized spacial score (nSPS) is 12.5. The number of carbonyl (C=O) groups excluding carboxylic acids is 1. The average Bonchev–Trinajstić information content (AvgIpc) is 2.59. The van der Waals surface area contributed by atoms with Crippen molar-refractivity contribution >= 4 is 21.6 Å². The highest BCUT2D eigenvalue weighted by Gasteiger charge is 2.24. The zero-order valence-corrected chi connectivity index (χ0v) is 17.1. The summed E-state index contributed by atoms with van der Waals surface area (Å²) in [7, 11) is -3.88. The summed E-state index contributed by atoms with van der Waals surface area (Å²) < 4.78 is 51.7. The molecule has 0 fully saturated rings. The summed E-state index contributed by atoms with van der Waals surface area (Å²) in [6, 6.07) is 8.29. The molecule has 2 rings (SSSR count). The molecular weight excluding hydrogens is 386 g/mol. The number of benzene rings is 2. The molecule has 1 amide bonds. The molecule has 0 saturated carbocycles. The van der Waals surface area contributed by atoms with E-state index in [1.165, 1.54) is 0 Å². The van der Waals surface area contributed by atoms with Crippen LogP contribution in [0.15, 0.2) is 36.4 Å². The third-order valence-electron chi connectivity index (χ3n) is 4.42. The molecule has 0 aliphatic rings. The summed E-state index contributed by atoms with van der Waals surface area (Å²) in [4.78, 5) is 12.6. The van der Waals surface area contributed by atoms with Gasteiger partial charge in [-0.2, -0.15) is 0 Å². The molecule has 8 heteroatoms. The van der Waals surface area contributed by atoms with E-state index in [1.807, 2.05) is 39.0 Å². The minimum absolute atomic E-state index is 0.115. The van der Waals surface area contributed by atoms with Crippen molar-refractivity contribution in [2.45, 2.75) is 33.2 Å². The molecule has 152 valence electrons. The Morgan fingerprint density at radius 3 is 2.32 bits per heavy atom. The van der Waals surface area contributed by atoms with Crippen LogP contribution in [0, 0.1) is 25.5 Å². The first kappa shape index (κ1) is 21.8. The number of aryl methyl sites for hydroxylation is 2. The molecule has 0 aromatic heterocycles. The Morgan fingerprint density at radius 2 is 1.79 bits per heavy atom. The molecule has 2 aromatic carbocycles. The Morgan fingerprint density at radius 1 is 1.11 bits per heavy atom. The molecule has 0 aliphatic carbocycles. The van der Waals surface area contributed by atoms with Gasteiger partial charge < -0.3 is 5.32 Å². The van der Waals surface area contributed by atoms with Crippen molar-refractivity contribution in [2.24, 2.45) is 0 Å². The molecule has 1 atom stereocenters. The fourth-order valence-corrected chi connectivity index (χ4v) is 3.88. The predicted molar refractivity (Wildman–Crippen MR) is 106 cm³/mol. The fourth-order valence-electron chi connectivity index (χ4n) is 3.03. The summed E-state index contributed by atoms with van der Waals surface area (Å²) in [5.74, 6) is -2.82. The van der Waals surface area contributed by atoms with Crippen molar-refractivity contribution in [3.63, 3.8) is 0 Å². The molecule has 0 saturated heterocycles. The quantitative estimate of drug-likeness (QED) is 0.758. The first-order valence-corrected chi connectivity index (χ1v) is 10.7. The molecule has 0 spiro atoms. The van der Waals surface area contributed by atoms with Crippen molar-refractivity contribution in [1.82, 2.24) is 5.32 Å². The highest BCUT2D eigenvalue weighted by Crippen LogP contribution is 2.23. The van der Waals surface area contributed by atoms with E-state index in [0.717, 1.165) is 45.5 Å². The lowest BCUT2D eigenvalue weighted by Gasteiger charge is -2.25. The Hall–Kier alpha value is -2.48. The van der Waals surface area contributed by atoms with Gasteiger partial charge >= 0.3 is 0 Å². The predicted octanol–water partition coefficient (Wildman–Crippen LogP) is 3.62. The van der Waals surface area contributed by atoms with E-state index in [1.54, 1.807) is 0 Å². The number of hydrogen-bond acceptors (Lipinski definition) is 3. The smallest absolute Gasteiger partial charge is 0.241 e. The van der Waals surface area contributed by atoms with Gasteiger partial charge in [0.1, 0.15) is 6.54 Å². The summed E-state index contributed by atoms with van der Waals surface area (Å²) in [6.45, 7) is 5.29. The van der Waals surface area contributed by atoms with Crippen LogP contribution in [0.3, 0.4) is 0 Å². The topological polar surface area (TPSA) is 66.5 Å². The second kappa shape index (κ2) is 8.68. The minimum atomic E-state index is -3.88. The van der Waals surface area contributed by atoms with Gasteiger partial charge in [0, 0.05) is 6.07 Å². The summed E-state index contributed by atoms with van der Waals surface area (Å²) in [5, 5.41) is 2.83. The molecule has 2 aromatic rings. The van der Waals surface area contributed by atoms with Crippen LogP contribution >= 0.6 is 0 Å². The third kappa shape index (κ3) is 5.28. The molecule has 5 nitrogen and oxygen atoms in total. The number of anilines is 1. The highest BCUT2D eigenvalue weighted by molar-refractivity contribution is 7.92. The van der Waals surface area contributed by atoms with Crippen molar-refractivity contribution in [2.75, 3.05) is 17.1 Å². The maximum atomic E-state index is 13.5. The van der Waals surface area contributed by atoms with Crippen LogP contribution in [0.1, 0.15) is 36.1 Å². The van der Waals surface area contributed by atoms with E-state index in [2.05, 4.69) is 5.32 Å². The zero-order chi connectivity index (χ0) is 21.1. The first-order chi connectivity index (χ1) is 13.0. The van der Waals surface area contributed by atoms with Crippen LogP contribution in [0.2, 0.25) is 0 Å². The Kier molecular flexibility index (Phi) is 6.77. The van der Waals surface area contributed by atoms with Crippen molar-refractivity contribution in [1.29, 1.82) is 0 Å². The average molecular weight is 410 g/mol. The van der Waals surface area contributed by atoms with Gasteiger partial charge in [-0.1, -0.05) is 30.7 Å². The van der Waals surface area contributed by atoms with Crippen molar-refractivity contribution in [3.05, 3.63) is 64.7 Å². The molecular formula is C20H24F2N2O3S. The van der Waals surface area contributed by atoms with E-state index >= 15 is 0 Å². The maximum Gasteiger partial charge on any atom is 0.241 e.